The van der Waals surface area contributed by atoms with Crippen molar-refractivity contribution in [1.82, 2.24) is 4.90 Å². The highest BCUT2D eigenvalue weighted by molar-refractivity contribution is 7.08. The van der Waals surface area contributed by atoms with Gasteiger partial charge >= 0.3 is 11.9 Å². The van der Waals surface area contributed by atoms with Crippen molar-refractivity contribution in [2.75, 3.05) is 26.8 Å². The number of carbonyl (C=O) groups is 2. The summed E-state index contributed by atoms with van der Waals surface area (Å²) in [4.78, 5) is 26.0. The minimum atomic E-state index is -0.340. The van der Waals surface area contributed by atoms with Gasteiger partial charge in [-0.1, -0.05) is 54.6 Å². The monoisotopic (exact) mass is 585 g/mol. The van der Waals surface area contributed by atoms with Gasteiger partial charge in [0.15, 0.2) is 0 Å². The van der Waals surface area contributed by atoms with Gasteiger partial charge in [0.25, 0.3) is 0 Å². The number of benzene rings is 3. The second-order valence-electron chi connectivity index (χ2n) is 10.1. The van der Waals surface area contributed by atoms with Gasteiger partial charge in [-0.15, -0.1) is 0 Å². The number of hydrogen-bond donors (Lipinski definition) is 0. The van der Waals surface area contributed by atoms with E-state index in [1.807, 2.05) is 37.3 Å². The van der Waals surface area contributed by atoms with Gasteiger partial charge in [-0.05, 0) is 95.6 Å². The fourth-order valence-electron chi connectivity index (χ4n) is 4.74. The molecule has 3 aromatic carbocycles. The van der Waals surface area contributed by atoms with Gasteiger partial charge in [0, 0.05) is 19.5 Å². The number of methoxy groups -OCH3 is 1. The number of ether oxygens (including phenoxy) is 3. The van der Waals surface area contributed by atoms with Crippen molar-refractivity contribution in [1.29, 1.82) is 0 Å². The zero-order valence-electron chi connectivity index (χ0n) is 24.4. The molecule has 4 rings (SSSR count). The predicted octanol–water partition coefficient (Wildman–Crippen LogP) is 7.56. The highest BCUT2D eigenvalue weighted by Gasteiger charge is 2.12. The first kappa shape index (κ1) is 31.0. The standard InChI is InChI=1S/C35H39NO5S/c1-3-40-34(37)10-6-7-21-36(24-27-11-17-31(18-12-27)35(38)39-2)22-19-30-8-4-5-9-33(30)41-25-28-13-15-29(16-14-28)32-20-23-42-26-32/h4-5,8-9,11-18,20,23,26H,3,6-7,10,19,21-22,24-25H2,1-2H3. The van der Waals surface area contributed by atoms with E-state index < -0.39 is 0 Å². The summed E-state index contributed by atoms with van der Waals surface area (Å²) < 4.78 is 16.2. The van der Waals surface area contributed by atoms with E-state index in [1.165, 1.54) is 18.2 Å². The van der Waals surface area contributed by atoms with Crippen LogP contribution in [0.2, 0.25) is 0 Å². The fourth-order valence-corrected chi connectivity index (χ4v) is 5.41. The molecule has 0 saturated carbocycles. The largest absolute Gasteiger partial charge is 0.489 e. The van der Waals surface area contributed by atoms with Gasteiger partial charge in [0.05, 0.1) is 19.3 Å². The Hall–Kier alpha value is -3.94. The van der Waals surface area contributed by atoms with Crippen molar-refractivity contribution in [2.24, 2.45) is 0 Å². The van der Waals surface area contributed by atoms with E-state index in [9.17, 15) is 9.59 Å². The highest BCUT2D eigenvalue weighted by Crippen LogP contribution is 2.24. The molecule has 0 radical (unpaired) electrons. The average Bonchev–Trinajstić information content (AvgIpc) is 3.57. The first-order valence-electron chi connectivity index (χ1n) is 14.4. The van der Waals surface area contributed by atoms with E-state index in [-0.39, 0.29) is 11.9 Å². The molecule has 6 nitrogen and oxygen atoms in total. The molecule has 0 aliphatic rings. The Morgan fingerprint density at radius 2 is 1.60 bits per heavy atom. The van der Waals surface area contributed by atoms with E-state index in [4.69, 9.17) is 14.2 Å². The van der Waals surface area contributed by atoms with Crippen molar-refractivity contribution < 1.29 is 23.8 Å². The van der Waals surface area contributed by atoms with Crippen LogP contribution in [-0.2, 0) is 33.8 Å². The number of unbranched alkanes of at least 4 members (excludes halogenated alkanes) is 1. The number of para-hydroxylation sites is 1. The van der Waals surface area contributed by atoms with E-state index >= 15 is 0 Å². The van der Waals surface area contributed by atoms with Crippen LogP contribution >= 0.6 is 11.3 Å². The van der Waals surface area contributed by atoms with Crippen LogP contribution in [0.4, 0.5) is 0 Å². The molecule has 0 saturated heterocycles. The molecule has 4 aromatic rings. The summed E-state index contributed by atoms with van der Waals surface area (Å²) in [5, 5.41) is 4.25. The predicted molar refractivity (Wildman–Crippen MR) is 168 cm³/mol. The average molecular weight is 586 g/mol. The molecule has 1 heterocycles. The Morgan fingerprint density at radius 3 is 2.31 bits per heavy atom. The molecule has 0 fully saturated rings. The van der Waals surface area contributed by atoms with Crippen molar-refractivity contribution in [3.8, 4) is 16.9 Å². The van der Waals surface area contributed by atoms with Crippen LogP contribution in [0.3, 0.4) is 0 Å². The number of rotatable bonds is 16. The number of esters is 2. The fraction of sp³-hybridized carbons (Fsp3) is 0.314. The molecule has 0 amide bonds. The smallest absolute Gasteiger partial charge is 0.337 e. The first-order valence-corrected chi connectivity index (χ1v) is 15.4. The summed E-state index contributed by atoms with van der Waals surface area (Å²) in [5.74, 6) is 0.408. The third-order valence-corrected chi connectivity index (χ3v) is 7.75. The third kappa shape index (κ3) is 9.57. The van der Waals surface area contributed by atoms with Crippen LogP contribution in [0.1, 0.15) is 53.2 Å². The third-order valence-electron chi connectivity index (χ3n) is 7.06. The Morgan fingerprint density at radius 1 is 0.833 bits per heavy atom. The number of carbonyl (C=O) groups excluding carboxylic acids is 2. The van der Waals surface area contributed by atoms with Crippen molar-refractivity contribution in [3.05, 3.63) is 112 Å². The van der Waals surface area contributed by atoms with Gasteiger partial charge in [0.2, 0.25) is 0 Å². The minimum absolute atomic E-state index is 0.144. The van der Waals surface area contributed by atoms with Gasteiger partial charge in [0.1, 0.15) is 12.4 Å². The summed E-state index contributed by atoms with van der Waals surface area (Å²) in [5.41, 5.74) is 6.38. The molecule has 220 valence electrons. The number of nitrogens with zero attached hydrogens (tertiary/aromatic N) is 1. The number of hydrogen-bond acceptors (Lipinski definition) is 7. The summed E-state index contributed by atoms with van der Waals surface area (Å²) in [6.45, 7) is 5.15. The summed E-state index contributed by atoms with van der Waals surface area (Å²) in [7, 11) is 1.39. The Bertz CT molecular complexity index is 1380. The number of thiophene rings is 1. The quantitative estimate of drug-likeness (QED) is 0.0999. The lowest BCUT2D eigenvalue weighted by molar-refractivity contribution is -0.143. The molecule has 0 aliphatic heterocycles. The summed E-state index contributed by atoms with van der Waals surface area (Å²) in [6, 6.07) is 26.4. The van der Waals surface area contributed by atoms with Crippen LogP contribution in [0.15, 0.2) is 89.6 Å². The maximum absolute atomic E-state index is 11.8. The summed E-state index contributed by atoms with van der Waals surface area (Å²) >= 11 is 1.70. The van der Waals surface area contributed by atoms with Gasteiger partial charge in [-0.2, -0.15) is 11.3 Å². The second kappa shape index (κ2) is 16.5. The molecule has 0 unspecified atom stereocenters. The first-order chi connectivity index (χ1) is 20.6. The summed E-state index contributed by atoms with van der Waals surface area (Å²) in [6.07, 6.45) is 2.92. The van der Waals surface area contributed by atoms with Crippen LogP contribution in [-0.4, -0.2) is 43.6 Å². The Kier molecular flexibility index (Phi) is 12.2. The lowest BCUT2D eigenvalue weighted by Crippen LogP contribution is -2.27. The van der Waals surface area contributed by atoms with Gasteiger partial charge in [-0.25, -0.2) is 4.79 Å². The Labute approximate surface area is 252 Å². The second-order valence-corrected chi connectivity index (χ2v) is 10.9. The van der Waals surface area contributed by atoms with E-state index in [2.05, 4.69) is 52.1 Å². The van der Waals surface area contributed by atoms with E-state index in [1.54, 1.807) is 23.5 Å². The molecular weight excluding hydrogens is 546 g/mol. The van der Waals surface area contributed by atoms with Gasteiger partial charge in [-0.3, -0.25) is 9.69 Å². The van der Waals surface area contributed by atoms with Crippen molar-refractivity contribution in [3.63, 3.8) is 0 Å². The highest BCUT2D eigenvalue weighted by atomic mass is 32.1. The normalized spacial score (nSPS) is 10.9. The van der Waals surface area contributed by atoms with Crippen LogP contribution in [0, 0.1) is 0 Å². The SMILES string of the molecule is CCOC(=O)CCCCN(CCc1ccccc1OCc1ccc(-c2ccsc2)cc1)Cc1ccc(C(=O)OC)cc1. The molecule has 7 heteroatoms. The van der Waals surface area contributed by atoms with Crippen LogP contribution in [0.5, 0.6) is 5.75 Å². The van der Waals surface area contributed by atoms with E-state index in [0.717, 1.165) is 61.3 Å². The van der Waals surface area contributed by atoms with Crippen LogP contribution < -0.4 is 4.74 Å². The van der Waals surface area contributed by atoms with Crippen molar-refractivity contribution >= 4 is 23.3 Å². The molecule has 1 aromatic heterocycles. The van der Waals surface area contributed by atoms with Crippen LogP contribution in [0.25, 0.3) is 11.1 Å². The molecule has 42 heavy (non-hydrogen) atoms. The topological polar surface area (TPSA) is 65.1 Å². The molecule has 0 aliphatic carbocycles. The molecule has 0 N–H and O–H groups in total. The van der Waals surface area contributed by atoms with E-state index in [0.29, 0.717) is 25.2 Å². The molecule has 0 atom stereocenters. The maximum Gasteiger partial charge on any atom is 0.337 e. The van der Waals surface area contributed by atoms with Crippen molar-refractivity contribution in [2.45, 2.75) is 45.8 Å². The minimum Gasteiger partial charge on any atom is -0.489 e. The lowest BCUT2D eigenvalue weighted by atomic mass is 10.1. The molecule has 0 bridgehead atoms. The Balaban J connectivity index is 1.36. The zero-order valence-corrected chi connectivity index (χ0v) is 25.2. The van der Waals surface area contributed by atoms with Gasteiger partial charge < -0.3 is 14.2 Å². The lowest BCUT2D eigenvalue weighted by Gasteiger charge is -2.23. The zero-order chi connectivity index (χ0) is 29.6. The molecule has 0 spiro atoms. The molecular formula is C35H39NO5S. The maximum atomic E-state index is 11.8.